The molecule has 1 amide bonds. The van der Waals surface area contributed by atoms with E-state index in [1.807, 2.05) is 18.7 Å². The Kier molecular flexibility index (Phi) is 6.27. The van der Waals surface area contributed by atoms with Crippen LogP contribution in [0.2, 0.25) is 5.02 Å². The van der Waals surface area contributed by atoms with E-state index in [2.05, 4.69) is 9.97 Å². The van der Waals surface area contributed by atoms with Crippen LogP contribution in [0, 0.1) is 5.82 Å². The summed E-state index contributed by atoms with van der Waals surface area (Å²) in [5.74, 6) is -0.594. The molecular weight excluding hydrogens is 423 g/mol. The minimum atomic E-state index is -0.594. The number of unbranched alkanes of at least 4 members (excludes halogenated alkanes) is 1. The molecule has 1 atom stereocenters. The summed E-state index contributed by atoms with van der Waals surface area (Å²) in [5, 5.41) is -0.0410. The zero-order valence-corrected chi connectivity index (χ0v) is 18.2. The second-order valence-corrected chi connectivity index (χ2v) is 7.97. The van der Waals surface area contributed by atoms with Crippen molar-refractivity contribution >= 4 is 34.8 Å². The maximum Gasteiger partial charge on any atom is 0.409 e. The first kappa shape index (κ1) is 21.4. The highest BCUT2D eigenvalue weighted by Crippen LogP contribution is 2.37. The first-order valence-corrected chi connectivity index (χ1v) is 10.8. The number of hydrogen-bond acceptors (Lipinski definition) is 6. The van der Waals surface area contributed by atoms with E-state index >= 15 is 0 Å². The Hall–Kier alpha value is -2.87. The number of ether oxygens (including phenoxy) is 1. The van der Waals surface area contributed by atoms with E-state index in [4.69, 9.17) is 20.8 Å². The molecular formula is C22H24ClFN4O3. The van der Waals surface area contributed by atoms with Crippen LogP contribution in [0.5, 0.6) is 0 Å². The molecule has 0 aliphatic carbocycles. The van der Waals surface area contributed by atoms with Crippen molar-refractivity contribution in [2.75, 3.05) is 31.1 Å². The average Bonchev–Trinajstić information content (AvgIpc) is 3.18. The molecule has 1 saturated heterocycles. The lowest BCUT2D eigenvalue weighted by atomic mass is 10.1. The van der Waals surface area contributed by atoms with Gasteiger partial charge >= 0.3 is 6.09 Å². The van der Waals surface area contributed by atoms with E-state index in [0.29, 0.717) is 49.0 Å². The van der Waals surface area contributed by atoms with Crippen molar-refractivity contribution in [1.82, 2.24) is 14.9 Å². The summed E-state index contributed by atoms with van der Waals surface area (Å²) in [7, 11) is 0. The fourth-order valence-corrected chi connectivity index (χ4v) is 3.86. The summed E-state index contributed by atoms with van der Waals surface area (Å²) in [6, 6.07) is 6.98. The number of amides is 1. The lowest BCUT2D eigenvalue weighted by molar-refractivity contribution is 0.0939. The van der Waals surface area contributed by atoms with Crippen molar-refractivity contribution in [2.24, 2.45) is 0 Å². The molecule has 0 spiro atoms. The zero-order chi connectivity index (χ0) is 22.0. The standard InChI is InChI=1S/C22H24ClFN4O3/c1-3-4-11-30-22(29)27-9-10-28(14(2)13-27)21-26-17-12-15(23)19(24)18(20(17)31-21)16-7-5-6-8-25-16/h5-8,12,14H,3-4,9-11,13H2,1-2H3. The summed E-state index contributed by atoms with van der Waals surface area (Å²) in [6.07, 6.45) is 3.10. The van der Waals surface area contributed by atoms with Gasteiger partial charge in [-0.15, -0.1) is 0 Å². The van der Waals surface area contributed by atoms with Crippen molar-refractivity contribution in [2.45, 2.75) is 32.7 Å². The molecule has 1 aromatic carbocycles. The average molecular weight is 447 g/mol. The quantitative estimate of drug-likeness (QED) is 0.506. The van der Waals surface area contributed by atoms with Gasteiger partial charge in [0.2, 0.25) is 0 Å². The maximum atomic E-state index is 14.9. The molecule has 1 aliphatic rings. The van der Waals surface area contributed by atoms with Gasteiger partial charge in [0.05, 0.1) is 22.9 Å². The smallest absolute Gasteiger partial charge is 0.409 e. The van der Waals surface area contributed by atoms with Crippen molar-refractivity contribution in [3.05, 3.63) is 41.3 Å². The predicted octanol–water partition coefficient (Wildman–Crippen LogP) is 5.13. The third-order valence-electron chi connectivity index (χ3n) is 5.34. The fourth-order valence-electron chi connectivity index (χ4n) is 3.66. The minimum absolute atomic E-state index is 0.0410. The Labute approximate surface area is 184 Å². The molecule has 4 rings (SSSR count). The van der Waals surface area contributed by atoms with Crippen LogP contribution >= 0.6 is 11.6 Å². The molecule has 0 saturated carbocycles. The van der Waals surface area contributed by atoms with Crippen molar-refractivity contribution in [3.8, 4) is 11.3 Å². The Morgan fingerprint density at radius 3 is 2.94 bits per heavy atom. The van der Waals surface area contributed by atoms with Gasteiger partial charge < -0.3 is 19.0 Å². The van der Waals surface area contributed by atoms with Gasteiger partial charge in [0.1, 0.15) is 5.52 Å². The Morgan fingerprint density at radius 1 is 1.39 bits per heavy atom. The molecule has 0 bridgehead atoms. The molecule has 2 aromatic heterocycles. The molecule has 1 fully saturated rings. The van der Waals surface area contributed by atoms with Gasteiger partial charge in [-0.25, -0.2) is 9.18 Å². The van der Waals surface area contributed by atoms with Crippen LogP contribution in [-0.2, 0) is 4.74 Å². The molecule has 1 aliphatic heterocycles. The number of pyridine rings is 1. The zero-order valence-electron chi connectivity index (χ0n) is 17.5. The molecule has 3 aromatic rings. The second kappa shape index (κ2) is 9.09. The van der Waals surface area contributed by atoms with Crippen molar-refractivity contribution in [3.63, 3.8) is 0 Å². The summed E-state index contributed by atoms with van der Waals surface area (Å²) in [4.78, 5) is 24.7. The molecule has 0 N–H and O–H groups in total. The number of aromatic nitrogens is 2. The number of anilines is 1. The van der Waals surface area contributed by atoms with E-state index in [1.165, 1.54) is 6.07 Å². The number of halogens is 2. The highest BCUT2D eigenvalue weighted by molar-refractivity contribution is 6.32. The summed E-state index contributed by atoms with van der Waals surface area (Å²) < 4.78 is 26.2. The van der Waals surface area contributed by atoms with E-state index in [-0.39, 0.29) is 22.7 Å². The molecule has 1 unspecified atom stereocenters. The number of hydrogen-bond donors (Lipinski definition) is 0. The monoisotopic (exact) mass is 446 g/mol. The van der Waals surface area contributed by atoms with E-state index < -0.39 is 5.82 Å². The third-order valence-corrected chi connectivity index (χ3v) is 5.61. The highest BCUT2D eigenvalue weighted by atomic mass is 35.5. The van der Waals surface area contributed by atoms with Crippen LogP contribution in [-0.4, -0.2) is 53.2 Å². The van der Waals surface area contributed by atoms with Gasteiger partial charge in [0.25, 0.3) is 6.01 Å². The number of benzene rings is 1. The third kappa shape index (κ3) is 4.30. The van der Waals surface area contributed by atoms with Crippen molar-refractivity contribution < 1.29 is 18.3 Å². The van der Waals surface area contributed by atoms with Crippen LogP contribution in [0.3, 0.4) is 0 Å². The Morgan fingerprint density at radius 2 is 2.23 bits per heavy atom. The molecule has 3 heterocycles. The molecule has 164 valence electrons. The van der Waals surface area contributed by atoms with Crippen LogP contribution in [0.1, 0.15) is 26.7 Å². The minimum Gasteiger partial charge on any atom is -0.449 e. The Bertz CT molecular complexity index is 1080. The summed E-state index contributed by atoms with van der Waals surface area (Å²) in [5.41, 5.74) is 1.36. The van der Waals surface area contributed by atoms with Gasteiger partial charge in [0.15, 0.2) is 11.4 Å². The van der Waals surface area contributed by atoms with Gasteiger partial charge in [-0.05, 0) is 31.5 Å². The molecule has 31 heavy (non-hydrogen) atoms. The van der Waals surface area contributed by atoms with Gasteiger partial charge in [0, 0.05) is 31.9 Å². The van der Waals surface area contributed by atoms with E-state index in [0.717, 1.165) is 12.8 Å². The lowest BCUT2D eigenvalue weighted by Gasteiger charge is -2.38. The van der Waals surface area contributed by atoms with E-state index in [1.54, 1.807) is 29.3 Å². The van der Waals surface area contributed by atoms with Crippen LogP contribution in [0.25, 0.3) is 22.4 Å². The SMILES string of the molecule is CCCCOC(=O)N1CCN(c2nc3cc(Cl)c(F)c(-c4ccccn4)c3o2)C(C)C1. The number of rotatable bonds is 5. The summed E-state index contributed by atoms with van der Waals surface area (Å²) >= 11 is 6.12. The maximum absolute atomic E-state index is 14.9. The second-order valence-electron chi connectivity index (χ2n) is 7.56. The van der Waals surface area contributed by atoms with Gasteiger partial charge in [-0.2, -0.15) is 4.98 Å². The molecule has 9 heteroatoms. The predicted molar refractivity (Wildman–Crippen MR) is 117 cm³/mol. The molecule has 0 radical (unpaired) electrons. The first-order valence-electron chi connectivity index (χ1n) is 10.4. The fraction of sp³-hybridized carbons (Fsp3) is 0.409. The van der Waals surface area contributed by atoms with Crippen LogP contribution < -0.4 is 4.90 Å². The molecule has 7 nitrogen and oxygen atoms in total. The van der Waals surface area contributed by atoms with Gasteiger partial charge in [-0.3, -0.25) is 4.98 Å². The summed E-state index contributed by atoms with van der Waals surface area (Å²) in [6.45, 7) is 5.94. The normalized spacial score (nSPS) is 16.7. The number of carbonyl (C=O) groups excluding carboxylic acids is 1. The first-order chi connectivity index (χ1) is 15.0. The largest absolute Gasteiger partial charge is 0.449 e. The van der Waals surface area contributed by atoms with Gasteiger partial charge in [-0.1, -0.05) is 31.0 Å². The van der Waals surface area contributed by atoms with Crippen molar-refractivity contribution in [1.29, 1.82) is 0 Å². The number of fused-ring (bicyclic) bond motifs is 1. The number of carbonyl (C=O) groups is 1. The number of nitrogens with zero attached hydrogens (tertiary/aromatic N) is 4. The number of piperazine rings is 1. The lowest BCUT2D eigenvalue weighted by Crippen LogP contribution is -2.54. The number of oxazole rings is 1. The Balaban J connectivity index is 1.59. The topological polar surface area (TPSA) is 71.7 Å². The highest BCUT2D eigenvalue weighted by Gasteiger charge is 2.31. The van der Waals surface area contributed by atoms with Crippen LogP contribution in [0.4, 0.5) is 15.2 Å². The van der Waals surface area contributed by atoms with E-state index in [9.17, 15) is 9.18 Å². The van der Waals surface area contributed by atoms with Crippen LogP contribution in [0.15, 0.2) is 34.9 Å².